The summed E-state index contributed by atoms with van der Waals surface area (Å²) in [4.78, 5) is 12.2. The molecule has 0 saturated carbocycles. The van der Waals surface area contributed by atoms with Gasteiger partial charge in [0.05, 0.1) is 16.6 Å². The van der Waals surface area contributed by atoms with Gasteiger partial charge in [-0.3, -0.25) is 4.79 Å². The van der Waals surface area contributed by atoms with Gasteiger partial charge in [-0.1, -0.05) is 0 Å². The molecule has 2 heterocycles. The van der Waals surface area contributed by atoms with E-state index < -0.39 is 10.0 Å². The molecule has 0 aliphatic carbocycles. The smallest absolute Gasteiger partial charge is 0.243 e. The van der Waals surface area contributed by atoms with E-state index in [1.807, 2.05) is 0 Å². The van der Waals surface area contributed by atoms with Crippen LogP contribution >= 0.6 is 0 Å². The number of sulfonamides is 1. The molecule has 3 rings (SSSR count). The largest absolute Gasteiger partial charge is 0.506 e. The van der Waals surface area contributed by atoms with E-state index in [0.717, 1.165) is 32.2 Å². The van der Waals surface area contributed by atoms with E-state index in [4.69, 9.17) is 0 Å². The highest BCUT2D eigenvalue weighted by Gasteiger charge is 2.28. The lowest BCUT2D eigenvalue weighted by Gasteiger charge is -2.17. The second kappa shape index (κ2) is 6.46. The number of amides is 1. The number of nitrogens with one attached hydrogen (secondary N) is 2. The highest BCUT2D eigenvalue weighted by Crippen LogP contribution is 2.29. The number of carbonyl (C=O) groups excluding carboxylic acids is 1. The van der Waals surface area contributed by atoms with Crippen LogP contribution in [0.1, 0.15) is 25.7 Å². The molecular formula is C15H21N3O4S. The molecule has 7 nitrogen and oxygen atoms in total. The normalized spacial score (nSPS) is 22.3. The monoisotopic (exact) mass is 339 g/mol. The lowest BCUT2D eigenvalue weighted by atomic mass is 10.2. The topological polar surface area (TPSA) is 98.7 Å². The van der Waals surface area contributed by atoms with Gasteiger partial charge in [-0.2, -0.15) is 4.31 Å². The Labute approximate surface area is 135 Å². The van der Waals surface area contributed by atoms with Crippen molar-refractivity contribution in [1.29, 1.82) is 0 Å². The summed E-state index contributed by atoms with van der Waals surface area (Å²) in [6, 6.07) is 3.71. The Morgan fingerprint density at radius 1 is 1.26 bits per heavy atom. The first-order valence-electron chi connectivity index (χ1n) is 7.86. The number of aromatic hydroxyl groups is 1. The zero-order valence-electron chi connectivity index (χ0n) is 12.8. The molecule has 1 atom stereocenters. The first-order chi connectivity index (χ1) is 11.0. The number of carbonyl (C=O) groups is 1. The van der Waals surface area contributed by atoms with Crippen LogP contribution in [0.5, 0.6) is 5.75 Å². The van der Waals surface area contributed by atoms with Gasteiger partial charge in [0.2, 0.25) is 15.9 Å². The summed E-state index contributed by atoms with van der Waals surface area (Å²) < 4.78 is 26.6. The summed E-state index contributed by atoms with van der Waals surface area (Å²) in [7, 11) is -3.58. The predicted molar refractivity (Wildman–Crippen MR) is 85.8 cm³/mol. The van der Waals surface area contributed by atoms with Crippen LogP contribution in [0.25, 0.3) is 0 Å². The number of hydrogen-bond acceptors (Lipinski definition) is 5. The van der Waals surface area contributed by atoms with Crippen molar-refractivity contribution in [2.24, 2.45) is 0 Å². The molecule has 2 fully saturated rings. The second-order valence-corrected chi connectivity index (χ2v) is 7.87. The molecule has 23 heavy (non-hydrogen) atoms. The number of phenols is 1. The van der Waals surface area contributed by atoms with Gasteiger partial charge in [0.15, 0.2) is 0 Å². The SMILES string of the molecule is O=C(Nc1cc(S(=O)(=O)N2CCCC2)ccc1O)C1CCCN1. The van der Waals surface area contributed by atoms with Gasteiger partial charge < -0.3 is 15.7 Å². The Balaban J connectivity index is 1.82. The third-order valence-corrected chi connectivity index (χ3v) is 6.20. The molecule has 0 radical (unpaired) electrons. The maximum absolute atomic E-state index is 12.6. The van der Waals surface area contributed by atoms with Crippen molar-refractivity contribution in [2.45, 2.75) is 36.6 Å². The quantitative estimate of drug-likeness (QED) is 0.707. The average molecular weight is 339 g/mol. The lowest BCUT2D eigenvalue weighted by Crippen LogP contribution is -2.35. The minimum absolute atomic E-state index is 0.0897. The van der Waals surface area contributed by atoms with E-state index in [-0.39, 0.29) is 28.3 Å². The van der Waals surface area contributed by atoms with E-state index >= 15 is 0 Å². The van der Waals surface area contributed by atoms with Gasteiger partial charge >= 0.3 is 0 Å². The van der Waals surface area contributed by atoms with E-state index in [1.165, 1.54) is 22.5 Å². The van der Waals surface area contributed by atoms with Gasteiger partial charge in [0, 0.05) is 13.1 Å². The van der Waals surface area contributed by atoms with Crippen molar-refractivity contribution in [3.63, 3.8) is 0 Å². The van der Waals surface area contributed by atoms with Crippen molar-refractivity contribution < 1.29 is 18.3 Å². The zero-order chi connectivity index (χ0) is 16.4. The van der Waals surface area contributed by atoms with Crippen molar-refractivity contribution in [3.05, 3.63) is 18.2 Å². The molecule has 2 aliphatic rings. The Morgan fingerprint density at radius 3 is 2.65 bits per heavy atom. The molecule has 0 aromatic heterocycles. The molecule has 1 unspecified atom stereocenters. The van der Waals surface area contributed by atoms with E-state index in [2.05, 4.69) is 10.6 Å². The molecule has 2 aliphatic heterocycles. The average Bonchev–Trinajstić information content (AvgIpc) is 3.23. The number of anilines is 1. The maximum atomic E-state index is 12.6. The summed E-state index contributed by atoms with van der Waals surface area (Å²) in [5.74, 6) is -0.398. The van der Waals surface area contributed by atoms with Crippen LogP contribution in [0.4, 0.5) is 5.69 Å². The van der Waals surface area contributed by atoms with E-state index in [1.54, 1.807) is 0 Å². The van der Waals surface area contributed by atoms with Gasteiger partial charge in [-0.05, 0) is 50.4 Å². The van der Waals surface area contributed by atoms with Crippen molar-refractivity contribution >= 4 is 21.6 Å². The molecular weight excluding hydrogens is 318 g/mol. The molecule has 0 bridgehead atoms. The zero-order valence-corrected chi connectivity index (χ0v) is 13.6. The van der Waals surface area contributed by atoms with Crippen LogP contribution in [0.3, 0.4) is 0 Å². The van der Waals surface area contributed by atoms with Crippen LogP contribution in [-0.4, -0.2) is 49.4 Å². The number of phenolic OH excluding ortho intramolecular Hbond substituents is 1. The fraction of sp³-hybridized carbons (Fsp3) is 0.533. The standard InChI is InChI=1S/C15H21N3O4S/c19-14-6-5-11(23(21,22)18-8-1-2-9-18)10-13(14)17-15(20)12-4-3-7-16-12/h5-6,10,12,16,19H,1-4,7-9H2,(H,17,20). The van der Waals surface area contributed by atoms with Crippen molar-refractivity contribution in [3.8, 4) is 5.75 Å². The van der Waals surface area contributed by atoms with Gasteiger partial charge in [0.1, 0.15) is 5.75 Å². The van der Waals surface area contributed by atoms with Crippen LogP contribution in [0.2, 0.25) is 0 Å². The van der Waals surface area contributed by atoms with Crippen LogP contribution in [0, 0.1) is 0 Å². The third-order valence-electron chi connectivity index (χ3n) is 4.31. The Kier molecular flexibility index (Phi) is 4.56. The predicted octanol–water partition coefficient (Wildman–Crippen LogP) is 0.867. The molecule has 1 amide bonds. The molecule has 3 N–H and O–H groups in total. The molecule has 2 saturated heterocycles. The summed E-state index contributed by atoms with van der Waals surface area (Å²) in [6.45, 7) is 1.81. The van der Waals surface area contributed by atoms with Crippen LogP contribution in [-0.2, 0) is 14.8 Å². The number of rotatable bonds is 4. The fourth-order valence-electron chi connectivity index (χ4n) is 2.98. The van der Waals surface area contributed by atoms with Gasteiger partial charge in [-0.15, -0.1) is 0 Å². The van der Waals surface area contributed by atoms with Crippen molar-refractivity contribution in [1.82, 2.24) is 9.62 Å². The lowest BCUT2D eigenvalue weighted by molar-refractivity contribution is -0.117. The minimum atomic E-state index is -3.58. The summed E-state index contributed by atoms with van der Waals surface area (Å²) in [5.41, 5.74) is 0.129. The number of hydrogen-bond donors (Lipinski definition) is 3. The summed E-state index contributed by atoms with van der Waals surface area (Å²) in [6.07, 6.45) is 3.37. The van der Waals surface area contributed by atoms with E-state index in [0.29, 0.717) is 13.1 Å². The molecule has 0 spiro atoms. The highest BCUT2D eigenvalue weighted by molar-refractivity contribution is 7.89. The minimum Gasteiger partial charge on any atom is -0.506 e. The molecule has 1 aromatic rings. The number of benzene rings is 1. The van der Waals surface area contributed by atoms with Crippen molar-refractivity contribution in [2.75, 3.05) is 25.0 Å². The Morgan fingerprint density at radius 2 is 2.00 bits per heavy atom. The maximum Gasteiger partial charge on any atom is 0.243 e. The third kappa shape index (κ3) is 3.34. The first kappa shape index (κ1) is 16.2. The molecule has 8 heteroatoms. The highest BCUT2D eigenvalue weighted by atomic mass is 32.2. The Bertz CT molecular complexity index is 693. The Hall–Kier alpha value is -1.64. The first-order valence-corrected chi connectivity index (χ1v) is 9.30. The molecule has 126 valence electrons. The second-order valence-electron chi connectivity index (χ2n) is 5.93. The van der Waals surface area contributed by atoms with Gasteiger partial charge in [-0.25, -0.2) is 8.42 Å². The summed E-state index contributed by atoms with van der Waals surface area (Å²) >= 11 is 0. The van der Waals surface area contributed by atoms with Crippen LogP contribution < -0.4 is 10.6 Å². The molecule has 1 aromatic carbocycles. The number of nitrogens with zero attached hydrogens (tertiary/aromatic N) is 1. The van der Waals surface area contributed by atoms with Gasteiger partial charge in [0.25, 0.3) is 0 Å². The van der Waals surface area contributed by atoms with Crippen LogP contribution in [0.15, 0.2) is 23.1 Å². The van der Waals surface area contributed by atoms with E-state index in [9.17, 15) is 18.3 Å². The fourth-order valence-corrected chi connectivity index (χ4v) is 4.53. The summed E-state index contributed by atoms with van der Waals surface area (Å²) in [5, 5.41) is 15.6.